The Bertz CT molecular complexity index is 1090. The van der Waals surface area contributed by atoms with Gasteiger partial charge in [0.05, 0.1) is 11.9 Å². The molecule has 1 aromatic rings. The molecule has 0 spiro atoms. The van der Waals surface area contributed by atoms with Crippen molar-refractivity contribution in [2.75, 3.05) is 6.54 Å². The summed E-state index contributed by atoms with van der Waals surface area (Å²) in [6.45, 7) is 4.31. The van der Waals surface area contributed by atoms with Crippen LogP contribution in [0.4, 0.5) is 0 Å². The van der Waals surface area contributed by atoms with Gasteiger partial charge in [0, 0.05) is 19.2 Å². The smallest absolute Gasteiger partial charge is 0.326 e. The van der Waals surface area contributed by atoms with E-state index in [0.29, 0.717) is 32.2 Å². The highest BCUT2D eigenvalue weighted by Crippen LogP contribution is 2.04. The van der Waals surface area contributed by atoms with Gasteiger partial charge in [-0.2, -0.15) is 0 Å². The summed E-state index contributed by atoms with van der Waals surface area (Å²) in [6, 6.07) is -0.943. The van der Waals surface area contributed by atoms with Crippen molar-refractivity contribution in [3.8, 4) is 0 Å². The lowest BCUT2D eigenvalue weighted by molar-refractivity contribution is -0.142. The van der Waals surface area contributed by atoms with Crippen LogP contribution in [0.5, 0.6) is 0 Å². The van der Waals surface area contributed by atoms with Crippen molar-refractivity contribution in [2.45, 2.75) is 90.5 Å². The topological polar surface area (TPSA) is 121 Å². The molecule has 0 bridgehead atoms. The molecular weight excluding hydrogens is 528 g/mol. The second kappa shape index (κ2) is 24.7. The largest absolute Gasteiger partial charge is 0.480 e. The van der Waals surface area contributed by atoms with E-state index in [1.807, 2.05) is 12.2 Å². The summed E-state index contributed by atoms with van der Waals surface area (Å²) in [7, 11) is 0. The van der Waals surface area contributed by atoms with Gasteiger partial charge in [-0.25, -0.2) is 9.78 Å². The minimum atomic E-state index is -1.06. The van der Waals surface area contributed by atoms with Crippen LogP contribution in [0.15, 0.2) is 85.3 Å². The van der Waals surface area contributed by atoms with Crippen LogP contribution >= 0.6 is 0 Å². The summed E-state index contributed by atoms with van der Waals surface area (Å²) in [5.74, 6) is -1.66. The lowest BCUT2D eigenvalue weighted by Gasteiger charge is -2.14. The van der Waals surface area contributed by atoms with Gasteiger partial charge >= 0.3 is 5.97 Å². The maximum absolute atomic E-state index is 12.2. The molecular formula is C34H48N4O4. The summed E-state index contributed by atoms with van der Waals surface area (Å²) >= 11 is 0. The number of allylic oxidation sites excluding steroid dienone is 12. The Balaban J connectivity index is 2.11. The molecule has 0 aliphatic heterocycles. The van der Waals surface area contributed by atoms with Crippen molar-refractivity contribution in [1.29, 1.82) is 0 Å². The van der Waals surface area contributed by atoms with E-state index in [2.05, 4.69) is 88.3 Å². The predicted octanol–water partition coefficient (Wildman–Crippen LogP) is 6.73. The summed E-state index contributed by atoms with van der Waals surface area (Å²) in [5, 5.41) is 14.8. The quantitative estimate of drug-likeness (QED) is 0.104. The number of rotatable bonds is 22. The number of nitrogens with zero attached hydrogens (tertiary/aromatic N) is 2. The van der Waals surface area contributed by atoms with Gasteiger partial charge in [-0.05, 0) is 71.1 Å². The Morgan fingerprint density at radius 1 is 0.786 bits per heavy atom. The first-order valence-corrected chi connectivity index (χ1v) is 14.9. The number of carboxylic acid groups (broad SMARTS) is 1. The van der Waals surface area contributed by atoms with Crippen LogP contribution < -0.4 is 10.6 Å². The maximum atomic E-state index is 12.2. The molecule has 1 rings (SSSR count). The zero-order valence-electron chi connectivity index (χ0n) is 25.2. The predicted molar refractivity (Wildman–Crippen MR) is 170 cm³/mol. The van der Waals surface area contributed by atoms with E-state index < -0.39 is 12.0 Å². The number of amides is 2. The zero-order valence-corrected chi connectivity index (χ0v) is 25.2. The summed E-state index contributed by atoms with van der Waals surface area (Å²) in [4.78, 5) is 43.8. The highest BCUT2D eigenvalue weighted by Gasteiger charge is 2.19. The molecule has 0 aliphatic carbocycles. The van der Waals surface area contributed by atoms with E-state index in [0.717, 1.165) is 44.2 Å². The maximum Gasteiger partial charge on any atom is 0.326 e. The Kier molecular flexibility index (Phi) is 21.1. The fourth-order valence-corrected chi connectivity index (χ4v) is 3.65. The molecule has 1 heterocycles. The van der Waals surface area contributed by atoms with Gasteiger partial charge in [-0.3, -0.25) is 14.6 Å². The van der Waals surface area contributed by atoms with Crippen LogP contribution in [0.3, 0.4) is 0 Å². The number of aliphatic carboxylic acids is 1. The van der Waals surface area contributed by atoms with E-state index in [9.17, 15) is 19.5 Å². The molecule has 1 atom stereocenters. The summed E-state index contributed by atoms with van der Waals surface area (Å²) < 4.78 is 0. The first-order chi connectivity index (χ1) is 20.4. The first kappa shape index (κ1) is 36.0. The van der Waals surface area contributed by atoms with Crippen LogP contribution in [0.25, 0.3) is 0 Å². The molecule has 0 aromatic carbocycles. The van der Waals surface area contributed by atoms with Crippen LogP contribution in [-0.2, 0) is 9.59 Å². The molecule has 0 aliphatic rings. The normalized spacial score (nSPS) is 12.9. The zero-order chi connectivity index (χ0) is 30.7. The van der Waals surface area contributed by atoms with Crippen LogP contribution in [0.1, 0.15) is 93.7 Å². The Hall–Kier alpha value is -4.07. The van der Waals surface area contributed by atoms with E-state index in [1.54, 1.807) is 6.92 Å². The van der Waals surface area contributed by atoms with E-state index in [1.165, 1.54) is 12.4 Å². The van der Waals surface area contributed by atoms with Gasteiger partial charge in [0.15, 0.2) is 0 Å². The number of carbonyl (C=O) groups excluding carboxylic acids is 2. The Morgan fingerprint density at radius 3 is 1.83 bits per heavy atom. The van der Waals surface area contributed by atoms with Gasteiger partial charge in [0.1, 0.15) is 11.7 Å². The van der Waals surface area contributed by atoms with Crippen molar-refractivity contribution in [3.63, 3.8) is 0 Å². The van der Waals surface area contributed by atoms with E-state index in [4.69, 9.17) is 0 Å². The SMILES string of the molecule is CCC=CCC=CCC=CCC=CCC=CCC=CCCC(=O)NC(CCCCNC(=O)c1cnc(C)cn1)C(=O)O. The Labute approximate surface area is 251 Å². The number of hydrogen-bond donors (Lipinski definition) is 3. The highest BCUT2D eigenvalue weighted by molar-refractivity contribution is 5.91. The summed E-state index contributed by atoms with van der Waals surface area (Å²) in [6.07, 6.45) is 36.4. The third-order valence-electron chi connectivity index (χ3n) is 5.99. The second-order valence-corrected chi connectivity index (χ2v) is 9.71. The van der Waals surface area contributed by atoms with E-state index in [-0.39, 0.29) is 23.9 Å². The molecule has 3 N–H and O–H groups in total. The van der Waals surface area contributed by atoms with Gasteiger partial charge in [0.25, 0.3) is 5.91 Å². The Morgan fingerprint density at radius 2 is 1.33 bits per heavy atom. The van der Waals surface area contributed by atoms with Gasteiger partial charge in [0.2, 0.25) is 5.91 Å². The number of carbonyl (C=O) groups is 3. The molecule has 0 saturated carbocycles. The monoisotopic (exact) mass is 576 g/mol. The van der Waals surface area contributed by atoms with Crippen molar-refractivity contribution < 1.29 is 19.5 Å². The van der Waals surface area contributed by atoms with Crippen LogP contribution in [-0.4, -0.2) is 45.4 Å². The number of unbranched alkanes of at least 4 members (excludes halogenated alkanes) is 1. The highest BCUT2D eigenvalue weighted by atomic mass is 16.4. The van der Waals surface area contributed by atoms with E-state index >= 15 is 0 Å². The first-order valence-electron chi connectivity index (χ1n) is 14.9. The number of aryl methyl sites for hydroxylation is 1. The van der Waals surface area contributed by atoms with Gasteiger partial charge in [-0.15, -0.1) is 0 Å². The lowest BCUT2D eigenvalue weighted by atomic mass is 10.1. The number of hydrogen-bond acceptors (Lipinski definition) is 5. The fraction of sp³-hybridized carbons (Fsp3) is 0.441. The van der Waals surface area contributed by atoms with Gasteiger partial charge < -0.3 is 15.7 Å². The fourth-order valence-electron chi connectivity index (χ4n) is 3.65. The summed E-state index contributed by atoms with van der Waals surface area (Å²) in [5.41, 5.74) is 0.967. The molecule has 42 heavy (non-hydrogen) atoms. The molecule has 0 radical (unpaired) electrons. The number of nitrogens with one attached hydrogen (secondary N) is 2. The van der Waals surface area contributed by atoms with Crippen molar-refractivity contribution in [1.82, 2.24) is 20.6 Å². The standard InChI is InChI=1S/C34H48N4O4/c1-3-4-5-6-7-8-9-10-11-12-13-14-15-16-17-18-19-20-21-25-32(39)38-30(34(41)42)24-22-23-26-35-33(40)31-28-36-29(2)27-37-31/h4-5,7-8,10-11,13-14,16-17,19-20,27-28,30H,3,6,9,12,15,18,21-26H2,1-2H3,(H,35,40)(H,38,39)(H,41,42). The minimum absolute atomic E-state index is 0.236. The molecule has 0 fully saturated rings. The lowest BCUT2D eigenvalue weighted by Crippen LogP contribution is -2.40. The molecule has 2 amide bonds. The molecule has 228 valence electrons. The molecule has 0 saturated heterocycles. The van der Waals surface area contributed by atoms with Crippen molar-refractivity contribution >= 4 is 17.8 Å². The van der Waals surface area contributed by atoms with Crippen molar-refractivity contribution in [3.05, 3.63) is 96.7 Å². The number of carboxylic acids is 1. The third kappa shape index (κ3) is 19.9. The second-order valence-electron chi connectivity index (χ2n) is 9.71. The molecule has 1 aromatic heterocycles. The van der Waals surface area contributed by atoms with Crippen molar-refractivity contribution in [2.24, 2.45) is 0 Å². The third-order valence-corrected chi connectivity index (χ3v) is 5.99. The average molecular weight is 577 g/mol. The molecule has 8 heteroatoms. The molecule has 8 nitrogen and oxygen atoms in total. The number of aromatic nitrogens is 2. The average Bonchev–Trinajstić information content (AvgIpc) is 2.97. The van der Waals surface area contributed by atoms with Crippen LogP contribution in [0, 0.1) is 6.92 Å². The minimum Gasteiger partial charge on any atom is -0.480 e. The van der Waals surface area contributed by atoms with Gasteiger partial charge in [-0.1, -0.05) is 79.8 Å². The molecule has 1 unspecified atom stereocenters. The van der Waals surface area contributed by atoms with Crippen LogP contribution in [0.2, 0.25) is 0 Å².